The van der Waals surface area contributed by atoms with E-state index in [1.54, 1.807) is 11.3 Å². The monoisotopic (exact) mass is 395 g/mol. The fraction of sp³-hybridized carbons (Fsp3) is 0.565. The number of amides is 2. The Morgan fingerprint density at radius 2 is 1.90 bits per heavy atom. The molecule has 1 saturated carbocycles. The Morgan fingerprint density at radius 3 is 2.48 bits per heavy atom. The largest absolute Gasteiger partial charge is 0.369 e. The fourth-order valence-electron chi connectivity index (χ4n) is 4.66. The highest BCUT2D eigenvalue weighted by molar-refractivity contribution is 5.88. The molecule has 1 atom stereocenters. The zero-order chi connectivity index (χ0) is 20.7. The molecule has 29 heavy (non-hydrogen) atoms. The first kappa shape index (κ1) is 21.3. The summed E-state index contributed by atoms with van der Waals surface area (Å²) in [5, 5.41) is 13.1. The molecule has 2 fully saturated rings. The number of benzene rings is 1. The van der Waals surface area contributed by atoms with E-state index in [1.807, 2.05) is 30.3 Å². The Morgan fingerprint density at radius 1 is 1.17 bits per heavy atom. The summed E-state index contributed by atoms with van der Waals surface area (Å²) in [6, 6.07) is 12.4. The van der Waals surface area contributed by atoms with Crippen LogP contribution in [0.1, 0.15) is 50.5 Å². The van der Waals surface area contributed by atoms with Gasteiger partial charge >= 0.3 is 0 Å². The van der Waals surface area contributed by atoms with E-state index in [4.69, 9.17) is 5.73 Å². The van der Waals surface area contributed by atoms with Crippen molar-refractivity contribution < 1.29 is 9.59 Å². The number of hydrogen-bond acceptors (Lipinski definition) is 4. The van der Waals surface area contributed by atoms with Crippen LogP contribution >= 0.6 is 0 Å². The minimum atomic E-state index is -0.838. The predicted molar refractivity (Wildman–Crippen MR) is 111 cm³/mol. The van der Waals surface area contributed by atoms with Crippen LogP contribution in [0.2, 0.25) is 0 Å². The third-order valence-electron chi connectivity index (χ3n) is 6.59. The fourth-order valence-corrected chi connectivity index (χ4v) is 4.66. The van der Waals surface area contributed by atoms with Gasteiger partial charge in [0.05, 0.1) is 12.5 Å². The Hall–Kier alpha value is -2.39. The molecule has 3 N–H and O–H groups in total. The van der Waals surface area contributed by atoms with Crippen molar-refractivity contribution in [3.8, 4) is 6.07 Å². The van der Waals surface area contributed by atoms with Crippen molar-refractivity contribution >= 4 is 11.8 Å². The first-order valence-corrected chi connectivity index (χ1v) is 10.6. The Labute approximate surface area is 173 Å². The molecule has 2 amide bonds. The minimum absolute atomic E-state index is 0.169. The van der Waals surface area contributed by atoms with Gasteiger partial charge in [0.25, 0.3) is 0 Å². The molecule has 1 aliphatic heterocycles. The molecular weight excluding hydrogens is 364 g/mol. The molecule has 2 aliphatic rings. The van der Waals surface area contributed by atoms with Gasteiger partial charge < -0.3 is 16.0 Å². The average Bonchev–Trinajstić information content (AvgIpc) is 3.24. The van der Waals surface area contributed by atoms with Gasteiger partial charge in [0.15, 0.2) is 0 Å². The minimum Gasteiger partial charge on any atom is -0.369 e. The second kappa shape index (κ2) is 9.41. The normalized spacial score (nSPS) is 23.3. The molecule has 1 aliphatic carbocycles. The summed E-state index contributed by atoms with van der Waals surface area (Å²) in [5.41, 5.74) is 5.40. The van der Waals surface area contributed by atoms with Crippen LogP contribution in [0, 0.1) is 23.2 Å². The molecule has 0 bridgehead atoms. The van der Waals surface area contributed by atoms with Crippen molar-refractivity contribution in [2.75, 3.05) is 19.6 Å². The van der Waals surface area contributed by atoms with Gasteiger partial charge in [-0.05, 0) is 44.2 Å². The summed E-state index contributed by atoms with van der Waals surface area (Å²) < 4.78 is 0. The van der Waals surface area contributed by atoms with E-state index in [2.05, 4.69) is 11.4 Å². The van der Waals surface area contributed by atoms with Crippen molar-refractivity contribution in [1.82, 2.24) is 10.2 Å². The van der Waals surface area contributed by atoms with Crippen LogP contribution in [-0.2, 0) is 16.0 Å². The number of carbonyl (C=O) groups is 2. The Kier molecular flexibility index (Phi) is 6.92. The first-order chi connectivity index (χ1) is 14.0. The number of nitrogens with zero attached hydrogens (tertiary/aromatic N) is 2. The molecule has 6 nitrogen and oxygen atoms in total. The van der Waals surface area contributed by atoms with Crippen LogP contribution in [0.5, 0.6) is 0 Å². The number of nitriles is 1. The quantitative estimate of drug-likeness (QED) is 0.706. The highest BCUT2D eigenvalue weighted by Gasteiger charge is 2.44. The highest BCUT2D eigenvalue weighted by atomic mass is 16.2. The predicted octanol–water partition coefficient (Wildman–Crippen LogP) is 2.34. The molecule has 1 aromatic rings. The summed E-state index contributed by atoms with van der Waals surface area (Å²) in [6.45, 7) is 1.66. The van der Waals surface area contributed by atoms with Crippen molar-refractivity contribution in [2.45, 2.75) is 56.9 Å². The highest BCUT2D eigenvalue weighted by Crippen LogP contribution is 2.40. The maximum Gasteiger partial charge on any atom is 0.227 e. The van der Waals surface area contributed by atoms with Gasteiger partial charge in [-0.15, -0.1) is 0 Å². The summed E-state index contributed by atoms with van der Waals surface area (Å²) in [4.78, 5) is 27.1. The number of rotatable bonds is 8. The van der Waals surface area contributed by atoms with Crippen LogP contribution in [0.4, 0.5) is 0 Å². The van der Waals surface area contributed by atoms with Crippen LogP contribution in [0.3, 0.4) is 0 Å². The molecular formula is C23H31N4O2. The van der Waals surface area contributed by atoms with Crippen LogP contribution in [-0.4, -0.2) is 41.9 Å². The maximum absolute atomic E-state index is 13.3. The van der Waals surface area contributed by atoms with E-state index < -0.39 is 11.0 Å². The molecule has 3 rings (SSSR count). The number of nitrogens with one attached hydrogen (secondary N) is 1. The molecule has 1 heterocycles. The SMILES string of the molecule is N#CC1(N(CCc2ccccc2)C(=O)[CH]CC2(C(N)=O)CCCCC2)CCNC1. The molecule has 1 saturated heterocycles. The lowest BCUT2D eigenvalue weighted by Gasteiger charge is -2.38. The van der Waals surface area contributed by atoms with E-state index in [9.17, 15) is 14.9 Å². The third kappa shape index (κ3) is 4.79. The zero-order valence-corrected chi connectivity index (χ0v) is 17.0. The van der Waals surface area contributed by atoms with E-state index in [0.717, 1.165) is 37.7 Å². The van der Waals surface area contributed by atoms with Gasteiger partial charge in [0, 0.05) is 18.5 Å². The Balaban J connectivity index is 1.73. The van der Waals surface area contributed by atoms with Crippen molar-refractivity contribution in [1.29, 1.82) is 5.26 Å². The lowest BCUT2D eigenvalue weighted by atomic mass is 9.70. The van der Waals surface area contributed by atoms with Crippen molar-refractivity contribution in [3.05, 3.63) is 42.3 Å². The molecule has 1 unspecified atom stereocenters. The van der Waals surface area contributed by atoms with E-state index >= 15 is 0 Å². The molecule has 155 valence electrons. The lowest BCUT2D eigenvalue weighted by molar-refractivity contribution is -0.133. The third-order valence-corrected chi connectivity index (χ3v) is 6.59. The van der Waals surface area contributed by atoms with E-state index in [1.165, 1.54) is 0 Å². The van der Waals surface area contributed by atoms with Gasteiger partial charge in [0.1, 0.15) is 5.54 Å². The maximum atomic E-state index is 13.3. The second-order valence-electron chi connectivity index (χ2n) is 8.41. The van der Waals surface area contributed by atoms with Gasteiger partial charge in [-0.3, -0.25) is 9.59 Å². The van der Waals surface area contributed by atoms with Gasteiger partial charge in [-0.2, -0.15) is 5.26 Å². The topological polar surface area (TPSA) is 99.2 Å². The van der Waals surface area contributed by atoms with E-state index in [0.29, 0.717) is 38.9 Å². The van der Waals surface area contributed by atoms with Gasteiger partial charge in [-0.25, -0.2) is 0 Å². The van der Waals surface area contributed by atoms with Gasteiger partial charge in [-0.1, -0.05) is 49.6 Å². The molecule has 6 heteroatoms. The van der Waals surface area contributed by atoms with Crippen LogP contribution in [0.15, 0.2) is 30.3 Å². The number of hydrogen-bond donors (Lipinski definition) is 2. The molecule has 0 spiro atoms. The Bertz CT molecular complexity index is 744. The van der Waals surface area contributed by atoms with Crippen LogP contribution in [0.25, 0.3) is 0 Å². The zero-order valence-electron chi connectivity index (χ0n) is 17.0. The van der Waals surface area contributed by atoms with Crippen molar-refractivity contribution in [3.63, 3.8) is 0 Å². The number of primary amides is 1. The molecule has 0 aromatic heterocycles. The lowest BCUT2D eigenvalue weighted by Crippen LogP contribution is -2.53. The van der Waals surface area contributed by atoms with Gasteiger partial charge in [0.2, 0.25) is 11.8 Å². The molecule has 1 aromatic carbocycles. The first-order valence-electron chi connectivity index (χ1n) is 10.6. The average molecular weight is 396 g/mol. The number of carbonyl (C=O) groups excluding carboxylic acids is 2. The summed E-state index contributed by atoms with van der Waals surface area (Å²) in [6.07, 6.45) is 7.78. The standard InChI is InChI=1S/C23H31N4O2/c24-17-23(14-15-26-18-23)27(16-10-19-7-3-1-4-8-19)20(28)9-13-22(21(25)29)11-5-2-6-12-22/h1,3-4,7-9,26H,2,5-6,10-16,18H2,(H2,25,29). The van der Waals surface area contributed by atoms with E-state index in [-0.39, 0.29) is 11.8 Å². The number of nitrogens with two attached hydrogens (primary N) is 1. The summed E-state index contributed by atoms with van der Waals surface area (Å²) >= 11 is 0. The molecule has 1 radical (unpaired) electrons. The second-order valence-corrected chi connectivity index (χ2v) is 8.41. The summed E-state index contributed by atoms with van der Waals surface area (Å²) in [7, 11) is 0. The van der Waals surface area contributed by atoms with Crippen molar-refractivity contribution in [2.24, 2.45) is 11.1 Å². The smallest absolute Gasteiger partial charge is 0.227 e. The summed E-state index contributed by atoms with van der Waals surface area (Å²) in [5.74, 6) is -0.480. The van der Waals surface area contributed by atoms with Crippen LogP contribution < -0.4 is 11.1 Å².